The summed E-state index contributed by atoms with van der Waals surface area (Å²) in [4.78, 5) is 4.43. The highest BCUT2D eigenvalue weighted by molar-refractivity contribution is 5.96. The minimum Gasteiger partial charge on any atom is -0.351 e. The van der Waals surface area contributed by atoms with Crippen molar-refractivity contribution in [1.82, 2.24) is 9.55 Å². The van der Waals surface area contributed by atoms with Crippen LogP contribution in [0.1, 0.15) is 11.1 Å². The first-order valence-electron chi connectivity index (χ1n) is 7.32. The summed E-state index contributed by atoms with van der Waals surface area (Å²) in [5.41, 5.74) is 5.55. The third kappa shape index (κ3) is 1.92. The quantitative estimate of drug-likeness (QED) is 0.517. The molecule has 2 heterocycles. The van der Waals surface area contributed by atoms with Crippen molar-refractivity contribution in [2.24, 2.45) is 7.05 Å². The van der Waals surface area contributed by atoms with E-state index in [0.717, 1.165) is 27.6 Å². The Kier molecular flexibility index (Phi) is 2.83. The number of pyridine rings is 1. The summed E-state index contributed by atoms with van der Waals surface area (Å²) in [6.45, 7) is 4.32. The van der Waals surface area contributed by atoms with E-state index in [-0.39, 0.29) is 0 Å². The van der Waals surface area contributed by atoms with E-state index < -0.39 is 0 Å². The Hall–Kier alpha value is -2.87. The maximum absolute atomic E-state index is 4.43. The first kappa shape index (κ1) is 12.8. The van der Waals surface area contributed by atoms with Gasteiger partial charge in [0, 0.05) is 35.7 Å². The van der Waals surface area contributed by atoms with Gasteiger partial charge >= 0.3 is 0 Å². The molecule has 0 saturated carbocycles. The molecule has 0 spiro atoms. The Morgan fingerprint density at radius 3 is 2.82 bits per heavy atom. The molecule has 4 rings (SSSR count). The zero-order valence-electron chi connectivity index (χ0n) is 12.5. The molecule has 0 aliphatic heterocycles. The second-order valence-corrected chi connectivity index (χ2v) is 5.55. The lowest BCUT2D eigenvalue weighted by molar-refractivity contribution is 0.969. The van der Waals surface area contributed by atoms with Crippen LogP contribution in [0.2, 0.25) is 0 Å². The van der Waals surface area contributed by atoms with E-state index >= 15 is 0 Å². The molecule has 2 aromatic heterocycles. The molecular formula is C20H16N2. The Morgan fingerprint density at radius 1 is 1.05 bits per heavy atom. The fourth-order valence-corrected chi connectivity index (χ4v) is 2.98. The highest BCUT2D eigenvalue weighted by Gasteiger charge is 2.08. The predicted molar refractivity (Wildman–Crippen MR) is 92.8 cm³/mol. The summed E-state index contributed by atoms with van der Waals surface area (Å²) in [6.07, 6.45) is 3.93. The number of aromatic nitrogens is 2. The number of hydrogen-bond acceptors (Lipinski definition) is 1. The maximum atomic E-state index is 4.43. The summed E-state index contributed by atoms with van der Waals surface area (Å²) < 4.78 is 2.13. The Balaban J connectivity index is 1.88. The summed E-state index contributed by atoms with van der Waals surface area (Å²) in [5.74, 6) is 0. The van der Waals surface area contributed by atoms with Crippen LogP contribution in [-0.2, 0) is 7.05 Å². The van der Waals surface area contributed by atoms with Crippen LogP contribution in [0, 0.1) is 0 Å². The van der Waals surface area contributed by atoms with E-state index in [1.54, 1.807) is 0 Å². The minimum atomic E-state index is 1.00. The van der Waals surface area contributed by atoms with Crippen LogP contribution in [0.5, 0.6) is 0 Å². The highest BCUT2D eigenvalue weighted by Crippen LogP contribution is 2.29. The van der Waals surface area contributed by atoms with E-state index in [2.05, 4.69) is 59.7 Å². The molecule has 22 heavy (non-hydrogen) atoms. The van der Waals surface area contributed by atoms with Crippen molar-refractivity contribution in [2.45, 2.75) is 0 Å². The van der Waals surface area contributed by atoms with E-state index in [1.165, 1.54) is 10.9 Å². The number of aryl methyl sites for hydroxylation is 1. The highest BCUT2D eigenvalue weighted by atomic mass is 14.9. The Morgan fingerprint density at radius 2 is 1.91 bits per heavy atom. The van der Waals surface area contributed by atoms with Gasteiger partial charge in [-0.15, -0.1) is 0 Å². The lowest BCUT2D eigenvalue weighted by Gasteiger charge is -2.10. The number of rotatable bonds is 2. The van der Waals surface area contributed by atoms with E-state index in [9.17, 15) is 0 Å². The average Bonchev–Trinajstić information content (AvgIpc) is 2.94. The van der Waals surface area contributed by atoms with Crippen molar-refractivity contribution in [3.63, 3.8) is 0 Å². The van der Waals surface area contributed by atoms with Gasteiger partial charge in [-0.25, -0.2) is 0 Å². The fourth-order valence-electron chi connectivity index (χ4n) is 2.98. The van der Waals surface area contributed by atoms with Gasteiger partial charge in [-0.05, 0) is 47.0 Å². The van der Waals surface area contributed by atoms with Crippen LogP contribution < -0.4 is 0 Å². The first-order chi connectivity index (χ1) is 10.7. The molecule has 4 aromatic rings. The molecule has 0 fully saturated rings. The summed E-state index contributed by atoms with van der Waals surface area (Å²) in [5, 5.41) is 2.38. The van der Waals surface area contributed by atoms with Gasteiger partial charge in [0.2, 0.25) is 0 Å². The number of benzene rings is 2. The van der Waals surface area contributed by atoms with Crippen molar-refractivity contribution >= 4 is 27.4 Å². The molecule has 2 aromatic carbocycles. The molecular weight excluding hydrogens is 268 g/mol. The maximum Gasteiger partial charge on any atom is 0.0708 e. The van der Waals surface area contributed by atoms with E-state index in [4.69, 9.17) is 0 Å². The van der Waals surface area contributed by atoms with Crippen LogP contribution in [-0.4, -0.2) is 9.55 Å². The standard InChI is InChI=1S/C20H16N2/c1-14(15-7-8-20-16(13-15)10-12-22(20)2)17-9-11-21-19-6-4-3-5-18(17)19/h3-13H,1H2,2H3. The summed E-state index contributed by atoms with van der Waals surface area (Å²) in [7, 11) is 2.06. The topological polar surface area (TPSA) is 17.8 Å². The number of para-hydroxylation sites is 1. The van der Waals surface area contributed by atoms with Gasteiger partial charge in [0.05, 0.1) is 5.52 Å². The van der Waals surface area contributed by atoms with Crippen molar-refractivity contribution in [1.29, 1.82) is 0 Å². The van der Waals surface area contributed by atoms with Crippen molar-refractivity contribution in [3.05, 3.63) is 84.7 Å². The van der Waals surface area contributed by atoms with Crippen molar-refractivity contribution in [3.8, 4) is 0 Å². The lowest BCUT2D eigenvalue weighted by Crippen LogP contribution is -1.90. The average molecular weight is 284 g/mol. The fraction of sp³-hybridized carbons (Fsp3) is 0.0500. The normalized spacial score (nSPS) is 11.1. The molecule has 0 bridgehead atoms. The second-order valence-electron chi connectivity index (χ2n) is 5.55. The zero-order chi connectivity index (χ0) is 15.1. The first-order valence-corrected chi connectivity index (χ1v) is 7.32. The van der Waals surface area contributed by atoms with Crippen LogP contribution >= 0.6 is 0 Å². The van der Waals surface area contributed by atoms with Gasteiger partial charge < -0.3 is 4.57 Å². The zero-order valence-corrected chi connectivity index (χ0v) is 12.5. The molecule has 0 N–H and O–H groups in total. The largest absolute Gasteiger partial charge is 0.351 e. The van der Waals surface area contributed by atoms with E-state index in [0.29, 0.717) is 0 Å². The molecule has 2 heteroatoms. The van der Waals surface area contributed by atoms with Gasteiger partial charge in [0.1, 0.15) is 0 Å². The monoisotopic (exact) mass is 284 g/mol. The van der Waals surface area contributed by atoms with Gasteiger partial charge in [-0.3, -0.25) is 4.98 Å². The second kappa shape index (κ2) is 4.85. The van der Waals surface area contributed by atoms with Gasteiger partial charge in [0.25, 0.3) is 0 Å². The molecule has 0 amide bonds. The van der Waals surface area contributed by atoms with Crippen molar-refractivity contribution < 1.29 is 0 Å². The van der Waals surface area contributed by atoms with Crippen LogP contribution in [0.25, 0.3) is 27.4 Å². The third-order valence-corrected chi connectivity index (χ3v) is 4.21. The molecule has 106 valence electrons. The van der Waals surface area contributed by atoms with Crippen LogP contribution in [0.4, 0.5) is 0 Å². The SMILES string of the molecule is C=C(c1ccc2c(ccn2C)c1)c1ccnc2ccccc12. The summed E-state index contributed by atoms with van der Waals surface area (Å²) >= 11 is 0. The lowest BCUT2D eigenvalue weighted by atomic mass is 9.96. The number of nitrogens with zero attached hydrogens (tertiary/aromatic N) is 2. The summed E-state index contributed by atoms with van der Waals surface area (Å²) in [6, 6.07) is 18.9. The molecule has 0 atom stereocenters. The van der Waals surface area contributed by atoms with Crippen LogP contribution in [0.3, 0.4) is 0 Å². The third-order valence-electron chi connectivity index (χ3n) is 4.21. The smallest absolute Gasteiger partial charge is 0.0708 e. The Labute approximate surface area is 129 Å². The number of hydrogen-bond donors (Lipinski definition) is 0. The molecule has 2 nitrogen and oxygen atoms in total. The van der Waals surface area contributed by atoms with Crippen LogP contribution in [0.15, 0.2) is 73.6 Å². The minimum absolute atomic E-state index is 1.00. The molecule has 0 aliphatic rings. The van der Waals surface area contributed by atoms with Gasteiger partial charge in [0.15, 0.2) is 0 Å². The molecule has 0 unspecified atom stereocenters. The van der Waals surface area contributed by atoms with E-state index in [1.807, 2.05) is 30.5 Å². The molecule has 0 saturated heterocycles. The van der Waals surface area contributed by atoms with Gasteiger partial charge in [-0.2, -0.15) is 0 Å². The Bertz CT molecular complexity index is 1000. The number of fused-ring (bicyclic) bond motifs is 2. The molecule has 0 radical (unpaired) electrons. The van der Waals surface area contributed by atoms with Crippen molar-refractivity contribution in [2.75, 3.05) is 0 Å². The van der Waals surface area contributed by atoms with Gasteiger partial charge in [-0.1, -0.05) is 30.8 Å². The predicted octanol–water partition coefficient (Wildman–Crippen LogP) is 4.79. The molecule has 0 aliphatic carbocycles.